The summed E-state index contributed by atoms with van der Waals surface area (Å²) in [5, 5.41) is 0.181. The minimum absolute atomic E-state index is 0.0342. The molecule has 0 aliphatic heterocycles. The van der Waals surface area contributed by atoms with Crippen molar-refractivity contribution in [2.45, 2.75) is 19.6 Å². The number of hydrogen-bond acceptors (Lipinski definition) is 3. The number of imidazole rings is 1. The molecule has 0 radical (unpaired) electrons. The maximum Gasteiger partial charge on any atom is 0.416 e. The predicted molar refractivity (Wildman–Crippen MR) is 116 cm³/mol. The lowest BCUT2D eigenvalue weighted by molar-refractivity contribution is -0.137. The van der Waals surface area contributed by atoms with E-state index in [9.17, 15) is 31.5 Å². The molecule has 1 N–H and O–H groups in total. The Morgan fingerprint density at radius 3 is 2.49 bits per heavy atom. The number of carbonyl (C=O) groups is 1. The van der Waals surface area contributed by atoms with Gasteiger partial charge in [-0.25, -0.2) is 13.8 Å². The van der Waals surface area contributed by atoms with Gasteiger partial charge in [0.2, 0.25) is 5.78 Å². The monoisotopic (exact) mass is 486 g/mol. The fourth-order valence-electron chi connectivity index (χ4n) is 3.99. The number of carbonyl (C=O) groups excluding carboxylic acids is 1. The normalized spacial score (nSPS) is 12.1. The smallest absolute Gasteiger partial charge is 0.356 e. The van der Waals surface area contributed by atoms with Gasteiger partial charge >= 0.3 is 6.18 Å². The number of nitrogens with one attached hydrogen (secondary N) is 1. The summed E-state index contributed by atoms with van der Waals surface area (Å²) in [5.41, 5.74) is -1.42. The number of fused-ring (bicyclic) bond motifs is 2. The van der Waals surface area contributed by atoms with E-state index in [2.05, 4.69) is 9.97 Å². The van der Waals surface area contributed by atoms with E-state index in [4.69, 9.17) is 0 Å². The van der Waals surface area contributed by atoms with Gasteiger partial charge < -0.3 is 14.0 Å². The average Bonchev–Trinajstić information content (AvgIpc) is 3.37. The Morgan fingerprint density at radius 2 is 1.80 bits per heavy atom. The van der Waals surface area contributed by atoms with Crippen LogP contribution in [0.4, 0.5) is 22.0 Å². The standard InChI is InChI=1S/C24H15F5N4O2/c1-12-6-17(25)20(18(26)7-12)22(34)16-9-30-21-15(16)3-5-33(23(21)35)11-14-10-32-4-2-13(24(27,28)29)8-19(32)31-14/h2-10,30H,11H2,1H3. The van der Waals surface area contributed by atoms with Crippen molar-refractivity contribution in [3.8, 4) is 0 Å². The van der Waals surface area contributed by atoms with Crippen molar-refractivity contribution in [2.24, 2.45) is 0 Å². The summed E-state index contributed by atoms with van der Waals surface area (Å²) in [7, 11) is 0. The number of benzene rings is 1. The van der Waals surface area contributed by atoms with E-state index in [-0.39, 0.29) is 28.7 Å². The lowest BCUT2D eigenvalue weighted by Gasteiger charge is -2.06. The Hall–Kier alpha value is -4.28. The number of aromatic amines is 1. The van der Waals surface area contributed by atoms with E-state index in [1.807, 2.05) is 0 Å². The van der Waals surface area contributed by atoms with Crippen LogP contribution in [0.15, 0.2) is 59.9 Å². The molecular weight excluding hydrogens is 471 g/mol. The second-order valence-corrected chi connectivity index (χ2v) is 8.08. The van der Waals surface area contributed by atoms with E-state index in [1.165, 1.54) is 46.7 Å². The molecule has 1 aromatic carbocycles. The maximum atomic E-state index is 14.3. The van der Waals surface area contributed by atoms with E-state index < -0.39 is 40.3 Å². The lowest BCUT2D eigenvalue weighted by Crippen LogP contribution is -2.20. The Morgan fingerprint density at radius 1 is 1.09 bits per heavy atom. The third-order valence-electron chi connectivity index (χ3n) is 5.64. The van der Waals surface area contributed by atoms with Crippen LogP contribution in [0.3, 0.4) is 0 Å². The minimum atomic E-state index is -4.51. The van der Waals surface area contributed by atoms with Gasteiger partial charge in [-0.15, -0.1) is 0 Å². The van der Waals surface area contributed by atoms with Gasteiger partial charge in [0.1, 0.15) is 22.8 Å². The molecule has 5 rings (SSSR count). The molecule has 0 fully saturated rings. The molecule has 0 unspecified atom stereocenters. The fourth-order valence-corrected chi connectivity index (χ4v) is 3.99. The van der Waals surface area contributed by atoms with Crippen LogP contribution >= 0.6 is 0 Å². The van der Waals surface area contributed by atoms with Crippen LogP contribution in [0.1, 0.15) is 32.7 Å². The van der Waals surface area contributed by atoms with E-state index in [0.29, 0.717) is 11.3 Å². The van der Waals surface area contributed by atoms with Crippen LogP contribution in [-0.2, 0) is 12.7 Å². The molecule has 0 bridgehead atoms. The summed E-state index contributed by atoms with van der Waals surface area (Å²) in [6.07, 6.45) is 0.803. The van der Waals surface area contributed by atoms with Crippen LogP contribution in [0, 0.1) is 18.6 Å². The van der Waals surface area contributed by atoms with Gasteiger partial charge in [-0.2, -0.15) is 13.2 Å². The third-order valence-corrected chi connectivity index (χ3v) is 5.64. The predicted octanol–water partition coefficient (Wildman–Crippen LogP) is 4.86. The van der Waals surface area contributed by atoms with E-state index in [1.54, 1.807) is 0 Å². The zero-order chi connectivity index (χ0) is 25.1. The van der Waals surface area contributed by atoms with Crippen LogP contribution < -0.4 is 5.56 Å². The van der Waals surface area contributed by atoms with Crippen molar-refractivity contribution in [3.05, 3.63) is 105 Å². The number of pyridine rings is 2. The summed E-state index contributed by atoms with van der Waals surface area (Å²) < 4.78 is 70.1. The van der Waals surface area contributed by atoms with Gasteiger partial charge in [0.05, 0.1) is 23.4 Å². The van der Waals surface area contributed by atoms with Crippen molar-refractivity contribution in [2.75, 3.05) is 0 Å². The number of aryl methyl sites for hydroxylation is 1. The maximum absolute atomic E-state index is 14.3. The van der Waals surface area contributed by atoms with Gasteiger partial charge in [-0.1, -0.05) is 0 Å². The van der Waals surface area contributed by atoms with Crippen LogP contribution in [-0.4, -0.2) is 24.7 Å². The second kappa shape index (κ2) is 7.90. The molecule has 4 heterocycles. The van der Waals surface area contributed by atoms with Gasteiger partial charge in [-0.05, 0) is 42.8 Å². The summed E-state index contributed by atoms with van der Waals surface area (Å²) in [6.45, 7) is 1.44. The number of H-pyrrole nitrogens is 1. The highest BCUT2D eigenvalue weighted by Crippen LogP contribution is 2.29. The average molecular weight is 486 g/mol. The van der Waals surface area contributed by atoms with Crippen molar-refractivity contribution in [3.63, 3.8) is 0 Å². The first-order chi connectivity index (χ1) is 16.5. The largest absolute Gasteiger partial charge is 0.416 e. The molecule has 5 aromatic rings. The van der Waals surface area contributed by atoms with Crippen LogP contribution in [0.2, 0.25) is 0 Å². The molecule has 0 spiro atoms. The molecular formula is C24H15F5N4O2. The highest BCUT2D eigenvalue weighted by molar-refractivity contribution is 6.16. The highest BCUT2D eigenvalue weighted by atomic mass is 19.4. The lowest BCUT2D eigenvalue weighted by atomic mass is 10.0. The summed E-state index contributed by atoms with van der Waals surface area (Å²) in [5.74, 6) is -2.92. The van der Waals surface area contributed by atoms with Crippen molar-refractivity contribution in [1.29, 1.82) is 0 Å². The first-order valence-corrected chi connectivity index (χ1v) is 10.3. The molecule has 0 aliphatic carbocycles. The van der Waals surface area contributed by atoms with Gasteiger partial charge in [0.15, 0.2) is 0 Å². The number of alkyl halides is 3. The van der Waals surface area contributed by atoms with Crippen LogP contribution in [0.25, 0.3) is 16.6 Å². The number of rotatable bonds is 4. The Bertz CT molecular complexity index is 1670. The van der Waals surface area contributed by atoms with Crippen LogP contribution in [0.5, 0.6) is 0 Å². The first-order valence-electron chi connectivity index (χ1n) is 10.3. The van der Waals surface area contributed by atoms with Gasteiger partial charge in [-0.3, -0.25) is 9.59 Å². The van der Waals surface area contributed by atoms with Crippen molar-refractivity contribution < 1.29 is 26.7 Å². The molecule has 0 saturated carbocycles. The number of halogens is 5. The number of ketones is 1. The summed E-state index contributed by atoms with van der Waals surface area (Å²) in [6, 6.07) is 5.37. The van der Waals surface area contributed by atoms with E-state index in [0.717, 1.165) is 24.3 Å². The fraction of sp³-hybridized carbons (Fsp3) is 0.125. The Labute approximate surface area is 193 Å². The molecule has 0 saturated heterocycles. The molecule has 6 nitrogen and oxygen atoms in total. The Balaban J connectivity index is 1.50. The molecule has 0 aliphatic rings. The van der Waals surface area contributed by atoms with Crippen molar-refractivity contribution >= 4 is 22.3 Å². The molecule has 35 heavy (non-hydrogen) atoms. The van der Waals surface area contributed by atoms with Crippen molar-refractivity contribution in [1.82, 2.24) is 18.9 Å². The Kier molecular flexibility index (Phi) is 5.08. The quantitative estimate of drug-likeness (QED) is 0.291. The number of aromatic nitrogens is 4. The summed E-state index contributed by atoms with van der Waals surface area (Å²) >= 11 is 0. The SMILES string of the molecule is Cc1cc(F)c(C(=O)c2c[nH]c3c(=O)n(Cc4cn5ccc(C(F)(F)F)cc5n4)ccc23)c(F)c1. The molecule has 178 valence electrons. The molecule has 11 heteroatoms. The topological polar surface area (TPSA) is 72.2 Å². The number of hydrogen-bond donors (Lipinski definition) is 1. The van der Waals surface area contributed by atoms with E-state index >= 15 is 0 Å². The summed E-state index contributed by atoms with van der Waals surface area (Å²) in [4.78, 5) is 32.7. The number of nitrogens with zero attached hydrogens (tertiary/aromatic N) is 3. The molecule has 4 aromatic heterocycles. The van der Waals surface area contributed by atoms with Gasteiger partial charge in [0, 0.05) is 35.7 Å². The molecule has 0 amide bonds. The first kappa shape index (κ1) is 22.5. The third kappa shape index (κ3) is 3.88. The zero-order valence-electron chi connectivity index (χ0n) is 18.0. The minimum Gasteiger partial charge on any atom is -0.356 e. The second-order valence-electron chi connectivity index (χ2n) is 8.08. The zero-order valence-corrected chi connectivity index (χ0v) is 18.0. The highest BCUT2D eigenvalue weighted by Gasteiger charge is 2.31. The van der Waals surface area contributed by atoms with Gasteiger partial charge in [0.25, 0.3) is 5.56 Å². The molecule has 0 atom stereocenters.